The van der Waals surface area contributed by atoms with Crippen molar-refractivity contribution in [1.29, 1.82) is 0 Å². The lowest BCUT2D eigenvalue weighted by molar-refractivity contribution is -0.189. The highest BCUT2D eigenvalue weighted by molar-refractivity contribution is 7.98. The van der Waals surface area contributed by atoms with E-state index in [1.807, 2.05) is 0 Å². The Balaban J connectivity index is 2.09. The summed E-state index contributed by atoms with van der Waals surface area (Å²) in [6, 6.07) is -0.574. The summed E-state index contributed by atoms with van der Waals surface area (Å²) >= 11 is 2.33. The molecule has 1 atom stereocenters. The largest absolute Gasteiger partial charge is 0.394 e. The molecule has 2 heterocycles. The molecule has 1 N–H and O–H groups in total. The smallest absolute Gasteiger partial charge is 0.319 e. The van der Waals surface area contributed by atoms with Crippen molar-refractivity contribution >= 4 is 34.5 Å². The molecule has 2 amide bonds. The first-order chi connectivity index (χ1) is 9.66. The molecule has 10 heteroatoms. The van der Waals surface area contributed by atoms with Crippen LogP contribution in [0.25, 0.3) is 0 Å². The Morgan fingerprint density at radius 1 is 1.52 bits per heavy atom. The van der Waals surface area contributed by atoms with Crippen LogP contribution in [0.3, 0.4) is 0 Å². The summed E-state index contributed by atoms with van der Waals surface area (Å²) < 4.78 is 42.9. The van der Waals surface area contributed by atoms with Crippen LogP contribution < -0.4 is 5.32 Å². The Hall–Kier alpha value is -1.03. The number of nitrogens with zero attached hydrogens (tertiary/aromatic N) is 3. The number of carbonyl (C=O) groups excluding carboxylic acids is 1. The van der Waals surface area contributed by atoms with Crippen LogP contribution >= 0.6 is 23.3 Å². The van der Waals surface area contributed by atoms with Crippen molar-refractivity contribution in [2.75, 3.05) is 18.1 Å². The van der Waals surface area contributed by atoms with E-state index in [0.29, 0.717) is 5.16 Å². The summed E-state index contributed by atoms with van der Waals surface area (Å²) in [7, 11) is 0. The minimum Gasteiger partial charge on any atom is -0.319 e. The molecule has 0 aromatic carbocycles. The Morgan fingerprint density at radius 3 is 2.67 bits per heavy atom. The predicted octanol–water partition coefficient (Wildman–Crippen LogP) is 3.45. The molecule has 1 aromatic heterocycles. The number of hydrogen-bond acceptors (Lipinski definition) is 5. The molecule has 5 nitrogen and oxygen atoms in total. The maximum Gasteiger partial charge on any atom is 0.394 e. The highest BCUT2D eigenvalue weighted by atomic mass is 32.2. The van der Waals surface area contributed by atoms with Crippen molar-refractivity contribution in [3.05, 3.63) is 0 Å². The van der Waals surface area contributed by atoms with Gasteiger partial charge in [-0.05, 0) is 26.5 Å². The molecular formula is C11H15F3N4OS2. The molecule has 21 heavy (non-hydrogen) atoms. The normalized spacial score (nSPS) is 21.6. The van der Waals surface area contributed by atoms with E-state index in [0.717, 1.165) is 11.5 Å². The van der Waals surface area contributed by atoms with E-state index in [2.05, 4.69) is 14.7 Å². The Bertz CT molecular complexity index is 532. The third-order valence-corrected chi connectivity index (χ3v) is 4.93. The summed E-state index contributed by atoms with van der Waals surface area (Å²) in [4.78, 5) is 17.4. The lowest BCUT2D eigenvalue weighted by atomic mass is 9.88. The number of urea groups is 1. The summed E-state index contributed by atoms with van der Waals surface area (Å²) in [5, 5.41) is 3.32. The van der Waals surface area contributed by atoms with Gasteiger partial charge in [0.2, 0.25) is 10.3 Å². The fourth-order valence-electron chi connectivity index (χ4n) is 2.52. The van der Waals surface area contributed by atoms with Crippen LogP contribution in [0.4, 0.5) is 23.1 Å². The average molecular weight is 340 g/mol. The Kier molecular flexibility index (Phi) is 4.39. The zero-order valence-electron chi connectivity index (χ0n) is 11.7. The molecule has 1 aliphatic rings. The van der Waals surface area contributed by atoms with Crippen LogP contribution in [0.5, 0.6) is 0 Å². The number of thioether (sulfide) groups is 1. The van der Waals surface area contributed by atoms with Gasteiger partial charge in [-0.2, -0.15) is 22.5 Å². The van der Waals surface area contributed by atoms with Crippen molar-refractivity contribution in [1.82, 2.24) is 14.3 Å². The number of carbonyl (C=O) groups is 1. The molecule has 1 fully saturated rings. The Morgan fingerprint density at radius 2 is 2.19 bits per heavy atom. The van der Waals surface area contributed by atoms with Gasteiger partial charge in [-0.15, -0.1) is 0 Å². The zero-order valence-corrected chi connectivity index (χ0v) is 13.3. The third-order valence-electron chi connectivity index (χ3n) is 3.63. The van der Waals surface area contributed by atoms with Gasteiger partial charge < -0.3 is 4.90 Å². The number of aromatic nitrogens is 2. The molecule has 1 aromatic rings. The third kappa shape index (κ3) is 3.25. The van der Waals surface area contributed by atoms with E-state index in [4.69, 9.17) is 0 Å². The van der Waals surface area contributed by atoms with Crippen LogP contribution in [0.1, 0.15) is 20.3 Å². The molecule has 2 rings (SSSR count). The number of hydrogen-bond donors (Lipinski definition) is 1. The van der Waals surface area contributed by atoms with Gasteiger partial charge in [-0.1, -0.05) is 11.8 Å². The fourth-order valence-corrected chi connectivity index (χ4v) is 3.63. The highest BCUT2D eigenvalue weighted by Gasteiger charge is 2.56. The van der Waals surface area contributed by atoms with Crippen LogP contribution in [-0.4, -0.2) is 44.8 Å². The number of alkyl halides is 3. The van der Waals surface area contributed by atoms with Gasteiger partial charge in [0.05, 0.1) is 11.5 Å². The predicted molar refractivity (Wildman–Crippen MR) is 75.7 cm³/mol. The van der Waals surface area contributed by atoms with E-state index in [9.17, 15) is 18.0 Å². The highest BCUT2D eigenvalue weighted by Crippen LogP contribution is 2.44. The average Bonchev–Trinajstić information content (AvgIpc) is 2.91. The van der Waals surface area contributed by atoms with Crippen molar-refractivity contribution < 1.29 is 18.0 Å². The van der Waals surface area contributed by atoms with Crippen LogP contribution in [-0.2, 0) is 0 Å². The molecule has 0 bridgehead atoms. The first-order valence-electron chi connectivity index (χ1n) is 6.19. The second-order valence-corrected chi connectivity index (χ2v) is 6.73. The lowest BCUT2D eigenvalue weighted by Crippen LogP contribution is -2.51. The fraction of sp³-hybridized carbons (Fsp3) is 0.727. The topological polar surface area (TPSA) is 58.1 Å². The summed E-state index contributed by atoms with van der Waals surface area (Å²) in [5.74, 6) is -1.52. The summed E-state index contributed by atoms with van der Waals surface area (Å²) in [5.41, 5.74) is -1.28. The van der Waals surface area contributed by atoms with Gasteiger partial charge in [0.25, 0.3) is 0 Å². The SMILES string of the molecule is CSc1nsc(NC(=O)N2CCC(C(F)(F)F)C2(C)C)n1. The maximum absolute atomic E-state index is 13.0. The standard InChI is InChI=1S/C11H15F3N4OS2/c1-10(2)6(11(12,13)14)4-5-18(10)9(19)16-7-15-8(20-3)17-21-7/h6H,4-5H2,1-3H3,(H,15,16,17,19). The van der Waals surface area contributed by atoms with Gasteiger partial charge in [0.1, 0.15) is 0 Å². The van der Waals surface area contributed by atoms with Crippen LogP contribution in [0, 0.1) is 5.92 Å². The molecule has 0 saturated carbocycles. The summed E-state index contributed by atoms with van der Waals surface area (Å²) in [6.07, 6.45) is -2.60. The zero-order chi connectivity index (χ0) is 15.8. The van der Waals surface area contributed by atoms with Crippen LogP contribution in [0.15, 0.2) is 5.16 Å². The van der Waals surface area contributed by atoms with E-state index in [1.54, 1.807) is 6.26 Å². The molecule has 1 unspecified atom stereocenters. The van der Waals surface area contributed by atoms with E-state index in [1.165, 1.54) is 30.5 Å². The number of rotatable bonds is 2. The van der Waals surface area contributed by atoms with E-state index >= 15 is 0 Å². The molecule has 1 aliphatic heterocycles. The van der Waals surface area contributed by atoms with Crippen molar-refractivity contribution in [2.24, 2.45) is 5.92 Å². The van der Waals surface area contributed by atoms with Crippen molar-refractivity contribution in [2.45, 2.75) is 37.1 Å². The molecule has 118 valence electrons. The lowest BCUT2D eigenvalue weighted by Gasteiger charge is -2.36. The van der Waals surface area contributed by atoms with Gasteiger partial charge in [0.15, 0.2) is 0 Å². The number of anilines is 1. The van der Waals surface area contributed by atoms with Gasteiger partial charge in [0, 0.05) is 18.1 Å². The number of likely N-dealkylation sites (tertiary alicyclic amines) is 1. The molecule has 1 saturated heterocycles. The molecule has 0 spiro atoms. The monoisotopic (exact) mass is 340 g/mol. The minimum atomic E-state index is -4.31. The quantitative estimate of drug-likeness (QED) is 0.838. The molecular weight excluding hydrogens is 325 g/mol. The first kappa shape index (κ1) is 16.3. The molecule has 0 aliphatic carbocycles. The maximum atomic E-state index is 13.0. The number of nitrogens with one attached hydrogen (secondary N) is 1. The van der Waals surface area contributed by atoms with Gasteiger partial charge in [-0.25, -0.2) is 4.79 Å². The number of amides is 2. The first-order valence-corrected chi connectivity index (χ1v) is 8.19. The second-order valence-electron chi connectivity index (χ2n) is 5.20. The van der Waals surface area contributed by atoms with Crippen molar-refractivity contribution in [3.63, 3.8) is 0 Å². The number of halogens is 3. The second kappa shape index (κ2) is 5.64. The Labute approximate surface area is 128 Å². The van der Waals surface area contributed by atoms with Crippen LogP contribution in [0.2, 0.25) is 0 Å². The van der Waals surface area contributed by atoms with E-state index in [-0.39, 0.29) is 18.1 Å². The summed E-state index contributed by atoms with van der Waals surface area (Å²) in [6.45, 7) is 2.94. The molecule has 0 radical (unpaired) electrons. The van der Waals surface area contributed by atoms with Gasteiger partial charge >= 0.3 is 12.2 Å². The van der Waals surface area contributed by atoms with E-state index < -0.39 is 23.7 Å². The minimum absolute atomic E-state index is 0.0667. The van der Waals surface area contributed by atoms with Gasteiger partial charge in [-0.3, -0.25) is 5.32 Å². The van der Waals surface area contributed by atoms with Crippen molar-refractivity contribution in [3.8, 4) is 0 Å².